The number of aromatic nitrogens is 1. The Balaban J connectivity index is 1.20. The first-order valence-corrected chi connectivity index (χ1v) is 12.2. The molecule has 0 spiro atoms. The Morgan fingerprint density at radius 2 is 1.88 bits per heavy atom. The third-order valence-electron chi connectivity index (χ3n) is 6.99. The van der Waals surface area contributed by atoms with Crippen LogP contribution in [-0.2, 0) is 11.2 Å². The molecule has 1 aromatic heterocycles. The van der Waals surface area contributed by atoms with Crippen molar-refractivity contribution in [3.63, 3.8) is 0 Å². The highest BCUT2D eigenvalue weighted by atomic mass is 16.5. The van der Waals surface area contributed by atoms with E-state index in [4.69, 9.17) is 4.52 Å². The molecule has 0 radical (unpaired) electrons. The molecule has 2 aliphatic rings. The van der Waals surface area contributed by atoms with Crippen LogP contribution in [0.1, 0.15) is 44.2 Å². The molecule has 1 unspecified atom stereocenters. The fourth-order valence-corrected chi connectivity index (χ4v) is 5.15. The minimum absolute atomic E-state index is 0.259. The smallest absolute Gasteiger partial charge is 0.227 e. The van der Waals surface area contributed by atoms with E-state index in [1.807, 2.05) is 23.1 Å². The van der Waals surface area contributed by atoms with Crippen LogP contribution < -0.4 is 9.80 Å². The lowest BCUT2D eigenvalue weighted by Gasteiger charge is -2.35. The van der Waals surface area contributed by atoms with Gasteiger partial charge in [0.15, 0.2) is 11.4 Å². The number of benzene rings is 2. The first-order valence-electron chi connectivity index (χ1n) is 12.2. The molecule has 0 bridgehead atoms. The number of piperazine rings is 1. The standard InChI is InChI=1S/C27H34N4O2/c1-19(2)18-31-24-9-8-21(17-23(24)20(3)16-26(31)32)10-11-29-12-14-30(15-13-29)27-22-6-4-5-7-25(22)33-28-27/h4-9,17,19-20H,10-16,18H2,1-3H3. The molecule has 0 saturated carbocycles. The van der Waals surface area contributed by atoms with E-state index in [2.05, 4.69) is 60.0 Å². The molecule has 0 N–H and O–H groups in total. The molecule has 3 aromatic rings. The van der Waals surface area contributed by atoms with E-state index in [9.17, 15) is 4.79 Å². The van der Waals surface area contributed by atoms with Crippen LogP contribution in [0.25, 0.3) is 11.0 Å². The second kappa shape index (κ2) is 9.18. The normalized spacial score (nSPS) is 19.5. The molecule has 6 nitrogen and oxygen atoms in total. The molecule has 1 amide bonds. The lowest BCUT2D eigenvalue weighted by atomic mass is 9.88. The van der Waals surface area contributed by atoms with Gasteiger partial charge in [-0.25, -0.2) is 0 Å². The number of para-hydroxylation sites is 1. The average Bonchev–Trinajstić information content (AvgIpc) is 3.25. The summed E-state index contributed by atoms with van der Waals surface area (Å²) < 4.78 is 5.49. The van der Waals surface area contributed by atoms with Crippen molar-refractivity contribution in [3.05, 3.63) is 53.6 Å². The van der Waals surface area contributed by atoms with Gasteiger partial charge in [0.25, 0.3) is 0 Å². The van der Waals surface area contributed by atoms with Crippen molar-refractivity contribution >= 4 is 28.4 Å². The van der Waals surface area contributed by atoms with Crippen LogP contribution in [0.2, 0.25) is 0 Å². The molecule has 174 valence electrons. The summed E-state index contributed by atoms with van der Waals surface area (Å²) in [5, 5.41) is 5.42. The number of anilines is 2. The van der Waals surface area contributed by atoms with Gasteiger partial charge in [0, 0.05) is 51.4 Å². The summed E-state index contributed by atoms with van der Waals surface area (Å²) in [5.41, 5.74) is 4.66. The molecule has 1 saturated heterocycles. The van der Waals surface area contributed by atoms with Gasteiger partial charge in [-0.3, -0.25) is 9.69 Å². The van der Waals surface area contributed by atoms with Crippen molar-refractivity contribution in [2.45, 2.75) is 39.5 Å². The number of amides is 1. The lowest BCUT2D eigenvalue weighted by molar-refractivity contribution is -0.119. The largest absolute Gasteiger partial charge is 0.354 e. The zero-order valence-corrected chi connectivity index (χ0v) is 20.0. The fourth-order valence-electron chi connectivity index (χ4n) is 5.15. The Hall–Kier alpha value is -2.86. The second-order valence-corrected chi connectivity index (χ2v) is 9.98. The van der Waals surface area contributed by atoms with Gasteiger partial charge in [0.2, 0.25) is 5.91 Å². The quantitative estimate of drug-likeness (QED) is 0.550. The molecule has 0 aliphatic carbocycles. The average molecular weight is 447 g/mol. The van der Waals surface area contributed by atoms with Crippen molar-refractivity contribution in [3.8, 4) is 0 Å². The first kappa shape index (κ1) is 22.0. The number of carbonyl (C=O) groups is 1. The van der Waals surface area contributed by atoms with Gasteiger partial charge < -0.3 is 14.3 Å². The number of carbonyl (C=O) groups excluding carboxylic acids is 1. The van der Waals surface area contributed by atoms with E-state index < -0.39 is 0 Å². The number of hydrogen-bond acceptors (Lipinski definition) is 5. The topological polar surface area (TPSA) is 52.8 Å². The van der Waals surface area contributed by atoms with Crippen LogP contribution in [0.4, 0.5) is 11.5 Å². The highest BCUT2D eigenvalue weighted by molar-refractivity contribution is 5.97. The Morgan fingerprint density at radius 1 is 1.09 bits per heavy atom. The summed E-state index contributed by atoms with van der Waals surface area (Å²) >= 11 is 0. The van der Waals surface area contributed by atoms with Crippen molar-refractivity contribution in [2.75, 3.05) is 49.1 Å². The van der Waals surface area contributed by atoms with Crippen LogP contribution in [0.3, 0.4) is 0 Å². The Kier molecular flexibility index (Phi) is 6.11. The van der Waals surface area contributed by atoms with Crippen LogP contribution in [-0.4, -0.2) is 55.2 Å². The van der Waals surface area contributed by atoms with Gasteiger partial charge in [0.05, 0.1) is 5.39 Å². The fraction of sp³-hybridized carbons (Fsp3) is 0.481. The third-order valence-corrected chi connectivity index (χ3v) is 6.99. The second-order valence-electron chi connectivity index (χ2n) is 9.98. The Bertz CT molecular complexity index is 1130. The van der Waals surface area contributed by atoms with Crippen molar-refractivity contribution in [1.29, 1.82) is 0 Å². The van der Waals surface area contributed by atoms with Gasteiger partial charge in [-0.15, -0.1) is 0 Å². The molecule has 3 heterocycles. The zero-order valence-electron chi connectivity index (χ0n) is 20.0. The molecule has 2 aliphatic heterocycles. The number of rotatable bonds is 6. The highest BCUT2D eigenvalue weighted by Gasteiger charge is 2.29. The number of hydrogen-bond donors (Lipinski definition) is 0. The van der Waals surface area contributed by atoms with Gasteiger partial charge in [-0.05, 0) is 47.6 Å². The maximum Gasteiger partial charge on any atom is 0.227 e. The molecule has 2 aromatic carbocycles. The molecule has 33 heavy (non-hydrogen) atoms. The van der Waals surface area contributed by atoms with E-state index in [0.717, 1.165) is 68.2 Å². The monoisotopic (exact) mass is 446 g/mol. The van der Waals surface area contributed by atoms with Crippen LogP contribution in [0.5, 0.6) is 0 Å². The SMILES string of the molecule is CC(C)CN1C(=O)CC(C)c2cc(CCN3CCN(c4noc5ccccc45)CC3)ccc21. The lowest BCUT2D eigenvalue weighted by Crippen LogP contribution is -2.47. The van der Waals surface area contributed by atoms with Crippen LogP contribution in [0, 0.1) is 5.92 Å². The predicted molar refractivity (Wildman–Crippen MR) is 133 cm³/mol. The summed E-state index contributed by atoms with van der Waals surface area (Å²) in [6.45, 7) is 12.3. The van der Waals surface area contributed by atoms with E-state index in [1.165, 1.54) is 11.1 Å². The number of fused-ring (bicyclic) bond motifs is 2. The van der Waals surface area contributed by atoms with Gasteiger partial charge in [-0.2, -0.15) is 0 Å². The number of nitrogens with zero attached hydrogens (tertiary/aromatic N) is 4. The summed E-state index contributed by atoms with van der Waals surface area (Å²) in [5.74, 6) is 1.98. The highest BCUT2D eigenvalue weighted by Crippen LogP contribution is 2.37. The Morgan fingerprint density at radius 3 is 2.67 bits per heavy atom. The van der Waals surface area contributed by atoms with Gasteiger partial charge >= 0.3 is 0 Å². The minimum Gasteiger partial charge on any atom is -0.354 e. The summed E-state index contributed by atoms with van der Waals surface area (Å²) in [6, 6.07) is 14.8. The molecule has 6 heteroatoms. The first-order chi connectivity index (χ1) is 16.0. The van der Waals surface area contributed by atoms with Crippen molar-refractivity contribution in [1.82, 2.24) is 10.1 Å². The van der Waals surface area contributed by atoms with E-state index in [1.54, 1.807) is 0 Å². The van der Waals surface area contributed by atoms with Gasteiger partial charge in [-0.1, -0.05) is 50.2 Å². The zero-order chi connectivity index (χ0) is 22.9. The summed E-state index contributed by atoms with van der Waals surface area (Å²) in [4.78, 5) is 19.5. The third kappa shape index (κ3) is 4.49. The molecule has 1 fully saturated rings. The molecule has 1 atom stereocenters. The maximum absolute atomic E-state index is 12.6. The molecular weight excluding hydrogens is 412 g/mol. The van der Waals surface area contributed by atoms with Crippen molar-refractivity contribution in [2.24, 2.45) is 5.92 Å². The minimum atomic E-state index is 0.259. The van der Waals surface area contributed by atoms with Gasteiger partial charge in [0.1, 0.15) is 0 Å². The summed E-state index contributed by atoms with van der Waals surface area (Å²) in [6.07, 6.45) is 1.65. The Labute approximate surface area is 196 Å². The van der Waals surface area contributed by atoms with Crippen LogP contribution in [0.15, 0.2) is 47.0 Å². The maximum atomic E-state index is 12.6. The molecular formula is C27H34N4O2. The van der Waals surface area contributed by atoms with E-state index in [0.29, 0.717) is 12.3 Å². The van der Waals surface area contributed by atoms with Crippen LogP contribution >= 0.6 is 0 Å². The predicted octanol–water partition coefficient (Wildman–Crippen LogP) is 4.69. The van der Waals surface area contributed by atoms with E-state index >= 15 is 0 Å². The molecule has 5 rings (SSSR count). The van der Waals surface area contributed by atoms with E-state index in [-0.39, 0.29) is 11.8 Å². The summed E-state index contributed by atoms with van der Waals surface area (Å²) in [7, 11) is 0. The van der Waals surface area contributed by atoms with Crippen molar-refractivity contribution < 1.29 is 9.32 Å².